The second-order valence-corrected chi connectivity index (χ2v) is 2.63. The van der Waals surface area contributed by atoms with Crippen molar-refractivity contribution in [1.29, 1.82) is 0 Å². The maximum absolute atomic E-state index is 5.46. The smallest absolute Gasteiger partial charge is 0.0925 e. The highest BCUT2D eigenvalue weighted by Gasteiger charge is 2.06. The Morgan fingerprint density at radius 3 is 2.80 bits per heavy atom. The van der Waals surface area contributed by atoms with Crippen molar-refractivity contribution in [3.8, 4) is 0 Å². The lowest BCUT2D eigenvalue weighted by Crippen LogP contribution is -2.02. The van der Waals surface area contributed by atoms with Gasteiger partial charge in [0.15, 0.2) is 0 Å². The summed E-state index contributed by atoms with van der Waals surface area (Å²) >= 11 is 0. The van der Waals surface area contributed by atoms with Crippen LogP contribution in [0.15, 0.2) is 6.33 Å². The van der Waals surface area contributed by atoms with Gasteiger partial charge in [-0.3, -0.25) is 0 Å². The molecule has 1 heterocycles. The van der Waals surface area contributed by atoms with E-state index in [1.165, 1.54) is 0 Å². The Morgan fingerprint density at radius 2 is 2.40 bits per heavy atom. The third-order valence-electron chi connectivity index (χ3n) is 1.50. The van der Waals surface area contributed by atoms with Gasteiger partial charge in [-0.1, -0.05) is 13.8 Å². The molecule has 0 bridgehead atoms. The molecule has 0 radical (unpaired) electrons. The van der Waals surface area contributed by atoms with Gasteiger partial charge in [-0.2, -0.15) is 0 Å². The maximum atomic E-state index is 5.46. The van der Waals surface area contributed by atoms with Crippen LogP contribution in [0.2, 0.25) is 0 Å². The van der Waals surface area contributed by atoms with E-state index in [-0.39, 0.29) is 0 Å². The fraction of sp³-hybridized carbons (Fsp3) is 0.571. The monoisotopic (exact) mass is 139 g/mol. The minimum absolute atomic E-state index is 0.463. The van der Waals surface area contributed by atoms with Crippen LogP contribution in [0, 0.1) is 0 Å². The number of H-pyrrole nitrogens is 1. The van der Waals surface area contributed by atoms with Gasteiger partial charge < -0.3 is 10.7 Å². The van der Waals surface area contributed by atoms with E-state index in [4.69, 9.17) is 5.73 Å². The van der Waals surface area contributed by atoms with Gasteiger partial charge in [0.2, 0.25) is 0 Å². The van der Waals surface area contributed by atoms with Crippen molar-refractivity contribution in [2.24, 2.45) is 5.73 Å². The molecule has 1 rings (SSSR count). The number of nitrogens with zero attached hydrogens (tertiary/aromatic N) is 1. The predicted molar refractivity (Wildman–Crippen MR) is 40.6 cm³/mol. The normalized spacial score (nSPS) is 10.8. The first kappa shape index (κ1) is 7.28. The van der Waals surface area contributed by atoms with E-state index in [1.54, 1.807) is 6.33 Å². The van der Waals surface area contributed by atoms with Gasteiger partial charge in [-0.25, -0.2) is 4.98 Å². The molecule has 0 aliphatic heterocycles. The van der Waals surface area contributed by atoms with Crippen molar-refractivity contribution in [2.75, 3.05) is 0 Å². The minimum Gasteiger partial charge on any atom is -0.347 e. The fourth-order valence-corrected chi connectivity index (χ4v) is 0.993. The van der Waals surface area contributed by atoms with E-state index >= 15 is 0 Å². The first-order valence-corrected chi connectivity index (χ1v) is 3.48. The zero-order chi connectivity index (χ0) is 7.56. The molecular formula is C7H13N3. The number of aromatic amines is 1. The Kier molecular flexibility index (Phi) is 2.06. The average Bonchev–Trinajstić information content (AvgIpc) is 2.33. The second-order valence-electron chi connectivity index (χ2n) is 2.63. The van der Waals surface area contributed by atoms with Crippen LogP contribution in [-0.2, 0) is 6.54 Å². The number of aromatic nitrogens is 2. The predicted octanol–water partition coefficient (Wildman–Crippen LogP) is 0.992. The molecule has 1 aromatic heterocycles. The third-order valence-corrected chi connectivity index (χ3v) is 1.50. The van der Waals surface area contributed by atoms with E-state index in [2.05, 4.69) is 23.8 Å². The number of hydrogen-bond acceptors (Lipinski definition) is 2. The Labute approximate surface area is 60.7 Å². The molecule has 0 aromatic carbocycles. The summed E-state index contributed by atoms with van der Waals surface area (Å²) in [6.07, 6.45) is 1.69. The minimum atomic E-state index is 0.463. The average molecular weight is 139 g/mol. The third kappa shape index (κ3) is 1.19. The van der Waals surface area contributed by atoms with Crippen LogP contribution in [0.1, 0.15) is 31.2 Å². The highest BCUT2D eigenvalue weighted by Crippen LogP contribution is 2.13. The number of hydrogen-bond donors (Lipinski definition) is 2. The van der Waals surface area contributed by atoms with Crippen LogP contribution in [0.3, 0.4) is 0 Å². The van der Waals surface area contributed by atoms with Crippen LogP contribution in [0.25, 0.3) is 0 Å². The molecule has 0 aliphatic rings. The molecule has 0 spiro atoms. The Morgan fingerprint density at radius 1 is 1.70 bits per heavy atom. The summed E-state index contributed by atoms with van der Waals surface area (Å²) in [5.74, 6) is 0.463. The molecule has 1 aromatic rings. The largest absolute Gasteiger partial charge is 0.347 e. The molecule has 0 atom stereocenters. The maximum Gasteiger partial charge on any atom is 0.0925 e. The van der Waals surface area contributed by atoms with Crippen LogP contribution >= 0.6 is 0 Å². The van der Waals surface area contributed by atoms with Crippen LogP contribution in [0.4, 0.5) is 0 Å². The van der Waals surface area contributed by atoms with Gasteiger partial charge in [0.05, 0.1) is 17.7 Å². The SMILES string of the molecule is CC(C)c1nc[nH]c1CN. The Bertz CT molecular complexity index is 202. The lowest BCUT2D eigenvalue weighted by Gasteiger charge is -2.01. The summed E-state index contributed by atoms with van der Waals surface area (Å²) in [6, 6.07) is 0. The van der Waals surface area contributed by atoms with Crippen molar-refractivity contribution in [3.05, 3.63) is 17.7 Å². The zero-order valence-corrected chi connectivity index (χ0v) is 6.39. The van der Waals surface area contributed by atoms with E-state index in [9.17, 15) is 0 Å². The molecule has 10 heavy (non-hydrogen) atoms. The van der Waals surface area contributed by atoms with Crippen molar-refractivity contribution in [2.45, 2.75) is 26.3 Å². The molecule has 56 valence electrons. The van der Waals surface area contributed by atoms with E-state index in [1.807, 2.05) is 0 Å². The van der Waals surface area contributed by atoms with Gasteiger partial charge in [-0.05, 0) is 5.92 Å². The first-order valence-electron chi connectivity index (χ1n) is 3.48. The first-order chi connectivity index (χ1) is 4.75. The second kappa shape index (κ2) is 2.84. The highest BCUT2D eigenvalue weighted by atomic mass is 14.9. The van der Waals surface area contributed by atoms with Gasteiger partial charge in [0.25, 0.3) is 0 Å². The molecule has 0 unspecified atom stereocenters. The quantitative estimate of drug-likeness (QED) is 0.642. The van der Waals surface area contributed by atoms with Gasteiger partial charge in [0, 0.05) is 6.54 Å². The van der Waals surface area contributed by atoms with Crippen LogP contribution in [0.5, 0.6) is 0 Å². The van der Waals surface area contributed by atoms with Crippen LogP contribution < -0.4 is 5.73 Å². The van der Waals surface area contributed by atoms with Gasteiger partial charge >= 0.3 is 0 Å². The van der Waals surface area contributed by atoms with Crippen LogP contribution in [-0.4, -0.2) is 9.97 Å². The number of nitrogens with one attached hydrogen (secondary N) is 1. The fourth-order valence-electron chi connectivity index (χ4n) is 0.993. The molecule has 3 N–H and O–H groups in total. The summed E-state index contributed by atoms with van der Waals surface area (Å²) in [7, 11) is 0. The Balaban J connectivity index is 2.90. The molecule has 3 nitrogen and oxygen atoms in total. The standard InChI is InChI=1S/C7H13N3/c1-5(2)7-6(3-8)9-4-10-7/h4-5H,3,8H2,1-2H3,(H,9,10). The molecule has 3 heteroatoms. The van der Waals surface area contributed by atoms with E-state index in [0.717, 1.165) is 11.4 Å². The summed E-state index contributed by atoms with van der Waals surface area (Å²) < 4.78 is 0. The van der Waals surface area contributed by atoms with Crippen molar-refractivity contribution in [3.63, 3.8) is 0 Å². The number of rotatable bonds is 2. The molecule has 0 saturated heterocycles. The van der Waals surface area contributed by atoms with Gasteiger partial charge in [-0.15, -0.1) is 0 Å². The molecule has 0 saturated carbocycles. The molecule has 0 amide bonds. The topological polar surface area (TPSA) is 54.7 Å². The summed E-state index contributed by atoms with van der Waals surface area (Å²) in [4.78, 5) is 7.15. The molecule has 0 fully saturated rings. The number of nitrogens with two attached hydrogens (primary N) is 1. The van der Waals surface area contributed by atoms with Crippen molar-refractivity contribution < 1.29 is 0 Å². The summed E-state index contributed by atoms with van der Waals surface area (Å²) in [6.45, 7) is 4.76. The lowest BCUT2D eigenvalue weighted by molar-refractivity contribution is 0.805. The lowest BCUT2D eigenvalue weighted by atomic mass is 10.1. The summed E-state index contributed by atoms with van der Waals surface area (Å²) in [5, 5.41) is 0. The van der Waals surface area contributed by atoms with E-state index in [0.29, 0.717) is 12.5 Å². The highest BCUT2D eigenvalue weighted by molar-refractivity contribution is 5.14. The molecule has 0 aliphatic carbocycles. The number of imidazole rings is 1. The van der Waals surface area contributed by atoms with Crippen molar-refractivity contribution in [1.82, 2.24) is 9.97 Å². The van der Waals surface area contributed by atoms with Gasteiger partial charge in [0.1, 0.15) is 0 Å². The van der Waals surface area contributed by atoms with Crippen molar-refractivity contribution >= 4 is 0 Å². The summed E-state index contributed by atoms with van der Waals surface area (Å²) in [5.41, 5.74) is 7.60. The van der Waals surface area contributed by atoms with E-state index < -0.39 is 0 Å². The molecular weight excluding hydrogens is 126 g/mol. The zero-order valence-electron chi connectivity index (χ0n) is 6.39. The Hall–Kier alpha value is -0.830.